The number of nitrogens with zero attached hydrogens (tertiary/aromatic N) is 2. The maximum atomic E-state index is 8.99. The van der Waals surface area contributed by atoms with Gasteiger partial charge in [-0.05, 0) is 0 Å². The van der Waals surface area contributed by atoms with Gasteiger partial charge >= 0.3 is 66.0 Å². The van der Waals surface area contributed by atoms with E-state index in [1.165, 1.54) is 16.4 Å². The van der Waals surface area contributed by atoms with Gasteiger partial charge in [0.25, 0.3) is 0 Å². The van der Waals surface area contributed by atoms with Gasteiger partial charge in [-0.25, -0.2) is 0 Å². The summed E-state index contributed by atoms with van der Waals surface area (Å²) in [6.45, 7) is 5.25. The Morgan fingerprint density at radius 2 is 2.33 bits per heavy atom. The van der Waals surface area contributed by atoms with E-state index in [-0.39, 0.29) is 21.5 Å². The summed E-state index contributed by atoms with van der Waals surface area (Å²) in [5.74, 6) is 0. The van der Waals surface area contributed by atoms with Crippen molar-refractivity contribution in [3.63, 3.8) is 0 Å². The first-order valence-electron chi connectivity index (χ1n) is 3.11. The molecule has 0 unspecified atom stereocenters. The van der Waals surface area contributed by atoms with Crippen molar-refractivity contribution in [1.29, 1.82) is 0 Å². The third-order valence-electron chi connectivity index (χ3n) is 1.16. The minimum atomic E-state index is -0.101. The molecule has 1 saturated heterocycles. The Balaban J connectivity index is 1.90. The number of alkyl halides is 1. The van der Waals surface area contributed by atoms with Crippen LogP contribution in [0.5, 0.6) is 0 Å². The molecular formula is C5H12IN2O-. The molecule has 1 aliphatic rings. The van der Waals surface area contributed by atoms with Gasteiger partial charge in [-0.2, -0.15) is 0 Å². The summed E-state index contributed by atoms with van der Waals surface area (Å²) in [5.41, 5.74) is 0. The van der Waals surface area contributed by atoms with E-state index in [0.717, 1.165) is 11.1 Å². The average molecular weight is 243 g/mol. The molecule has 3 nitrogen and oxygen atoms in total. The van der Waals surface area contributed by atoms with Gasteiger partial charge in [0, 0.05) is 0 Å². The summed E-state index contributed by atoms with van der Waals surface area (Å²) in [5, 5.41) is 8.99. The van der Waals surface area contributed by atoms with Crippen molar-refractivity contribution in [2.75, 3.05) is 24.2 Å². The van der Waals surface area contributed by atoms with Crippen LogP contribution in [0.1, 0.15) is 6.92 Å². The molecule has 1 fully saturated rings. The molecule has 56 valence electrons. The van der Waals surface area contributed by atoms with Gasteiger partial charge in [-0.15, -0.1) is 0 Å². The van der Waals surface area contributed by atoms with Crippen molar-refractivity contribution in [2.24, 2.45) is 0 Å². The molecule has 0 aromatic rings. The monoisotopic (exact) mass is 243 g/mol. The molecule has 0 amide bonds. The Hall–Kier alpha value is 0.610. The zero-order valence-electron chi connectivity index (χ0n) is 5.55. The van der Waals surface area contributed by atoms with Gasteiger partial charge < -0.3 is 0 Å². The Bertz CT molecular complexity index is 87.0. The molecular weight excluding hydrogens is 231 g/mol. The molecule has 0 aliphatic carbocycles. The third-order valence-corrected chi connectivity index (χ3v) is 3.90. The molecule has 0 aromatic heterocycles. The Kier molecular flexibility index (Phi) is 3.17. The summed E-state index contributed by atoms with van der Waals surface area (Å²) >= 11 is -0.101. The summed E-state index contributed by atoms with van der Waals surface area (Å²) in [6, 6.07) is 0. The van der Waals surface area contributed by atoms with Gasteiger partial charge in [0.15, 0.2) is 0 Å². The number of hydrogen-bond donors (Lipinski definition) is 1. The Morgan fingerprint density at radius 1 is 1.67 bits per heavy atom. The van der Waals surface area contributed by atoms with Crippen LogP contribution in [-0.2, 0) is 0 Å². The van der Waals surface area contributed by atoms with E-state index in [1.807, 2.05) is 6.92 Å². The van der Waals surface area contributed by atoms with Crippen LogP contribution < -0.4 is 21.5 Å². The second kappa shape index (κ2) is 3.70. The zero-order valence-corrected chi connectivity index (χ0v) is 7.71. The molecule has 1 rings (SSSR count). The first kappa shape index (κ1) is 7.71. The molecule has 0 bridgehead atoms. The van der Waals surface area contributed by atoms with Crippen molar-refractivity contribution in [2.45, 2.75) is 6.92 Å². The summed E-state index contributed by atoms with van der Waals surface area (Å²) in [6.07, 6.45) is 0. The van der Waals surface area contributed by atoms with Crippen LogP contribution in [0.25, 0.3) is 0 Å². The molecule has 1 heterocycles. The first-order valence-corrected chi connectivity index (χ1v) is 5.60. The summed E-state index contributed by atoms with van der Waals surface area (Å²) < 4.78 is 2.58. The van der Waals surface area contributed by atoms with Gasteiger partial charge in [0.2, 0.25) is 0 Å². The molecule has 9 heavy (non-hydrogen) atoms. The van der Waals surface area contributed by atoms with E-state index in [4.69, 9.17) is 5.21 Å². The molecule has 0 spiro atoms. The van der Waals surface area contributed by atoms with Gasteiger partial charge in [0.05, 0.1) is 0 Å². The van der Waals surface area contributed by atoms with Crippen LogP contribution in [0.3, 0.4) is 0 Å². The average Bonchev–Trinajstić information content (AvgIpc) is 2.65. The maximum absolute atomic E-state index is 8.99. The van der Waals surface area contributed by atoms with Crippen molar-refractivity contribution >= 4 is 0 Å². The zero-order chi connectivity index (χ0) is 6.69. The van der Waals surface area contributed by atoms with Crippen LogP contribution in [0.4, 0.5) is 0 Å². The molecule has 0 radical (unpaired) electrons. The fourth-order valence-electron chi connectivity index (χ4n) is 0.412. The standard InChI is InChI=1S/C5H12IN2O/c1-2-8(9)6-5-7-3-4-7/h9H,2-5H2,1H3/q-1. The van der Waals surface area contributed by atoms with Crippen molar-refractivity contribution in [3.05, 3.63) is 0 Å². The minimum absolute atomic E-state index is 0.101. The predicted molar refractivity (Wildman–Crippen MR) is 30.6 cm³/mol. The van der Waals surface area contributed by atoms with Crippen LogP contribution in [-0.4, -0.2) is 37.6 Å². The Morgan fingerprint density at radius 3 is 2.78 bits per heavy atom. The molecule has 1 N–H and O–H groups in total. The predicted octanol–water partition coefficient (Wildman–Crippen LogP) is -3.03. The molecule has 4 heteroatoms. The van der Waals surface area contributed by atoms with Crippen LogP contribution in [0, 0.1) is 0 Å². The van der Waals surface area contributed by atoms with E-state index >= 15 is 0 Å². The van der Waals surface area contributed by atoms with Crippen molar-refractivity contribution in [1.82, 2.24) is 8.18 Å². The fraction of sp³-hybridized carbons (Fsp3) is 1.00. The van der Waals surface area contributed by atoms with Gasteiger partial charge in [-0.3, -0.25) is 0 Å². The third kappa shape index (κ3) is 3.34. The van der Waals surface area contributed by atoms with Crippen LogP contribution in [0.15, 0.2) is 0 Å². The van der Waals surface area contributed by atoms with Crippen molar-refractivity contribution < 1.29 is 26.7 Å². The molecule has 0 aromatic carbocycles. The van der Waals surface area contributed by atoms with Crippen LogP contribution in [0.2, 0.25) is 0 Å². The topological polar surface area (TPSA) is 26.5 Å². The van der Waals surface area contributed by atoms with Crippen molar-refractivity contribution in [3.8, 4) is 0 Å². The van der Waals surface area contributed by atoms with E-state index in [2.05, 4.69) is 4.90 Å². The van der Waals surface area contributed by atoms with E-state index in [1.54, 1.807) is 0 Å². The summed E-state index contributed by atoms with van der Waals surface area (Å²) in [7, 11) is 0. The Labute approximate surface area is 66.2 Å². The second-order valence-corrected chi connectivity index (χ2v) is 4.49. The molecule has 0 atom stereocenters. The first-order chi connectivity index (χ1) is 4.33. The number of halogens is 1. The van der Waals surface area contributed by atoms with Gasteiger partial charge in [0.1, 0.15) is 0 Å². The van der Waals surface area contributed by atoms with E-state index in [9.17, 15) is 0 Å². The SMILES string of the molecule is CCN(O)[I-]CN1CC1. The van der Waals surface area contributed by atoms with E-state index < -0.39 is 0 Å². The molecule has 0 saturated carbocycles. The van der Waals surface area contributed by atoms with E-state index in [0.29, 0.717) is 0 Å². The molecule has 1 aliphatic heterocycles. The second-order valence-electron chi connectivity index (χ2n) is 2.01. The summed E-state index contributed by atoms with van der Waals surface area (Å²) in [4.78, 5) is 2.34. The quantitative estimate of drug-likeness (QED) is 0.142. The number of hydroxylamine groups is 1. The van der Waals surface area contributed by atoms with Crippen LogP contribution >= 0.6 is 0 Å². The fourth-order valence-corrected chi connectivity index (χ4v) is 2.36. The number of hydrogen-bond acceptors (Lipinski definition) is 3. The normalized spacial score (nSPS) is 19.4. The number of rotatable bonds is 4. The van der Waals surface area contributed by atoms with Gasteiger partial charge in [-0.1, -0.05) is 0 Å².